The summed E-state index contributed by atoms with van der Waals surface area (Å²) in [7, 11) is 0. The molecule has 150 valence electrons. The summed E-state index contributed by atoms with van der Waals surface area (Å²) in [5.41, 5.74) is 2.64. The predicted octanol–water partition coefficient (Wildman–Crippen LogP) is 4.74. The van der Waals surface area contributed by atoms with Crippen LogP contribution in [0, 0.1) is 5.92 Å². The largest absolute Gasteiger partial charge is 0.368 e. The van der Waals surface area contributed by atoms with Crippen molar-refractivity contribution in [3.63, 3.8) is 0 Å². The van der Waals surface area contributed by atoms with Gasteiger partial charge in [0.1, 0.15) is 0 Å². The van der Waals surface area contributed by atoms with Crippen LogP contribution in [0.2, 0.25) is 0 Å². The minimum absolute atomic E-state index is 0.199. The first-order chi connectivity index (χ1) is 13.6. The predicted molar refractivity (Wildman–Crippen MR) is 115 cm³/mol. The Bertz CT molecular complexity index is 744. The van der Waals surface area contributed by atoms with Crippen LogP contribution in [0.15, 0.2) is 58.3 Å². The number of piperidine rings is 1. The third kappa shape index (κ3) is 4.54. The molecule has 4 rings (SSSR count). The van der Waals surface area contributed by atoms with E-state index in [1.54, 1.807) is 6.92 Å². The maximum atomic E-state index is 9.42. The van der Waals surface area contributed by atoms with Crippen molar-refractivity contribution in [2.45, 2.75) is 48.9 Å². The van der Waals surface area contributed by atoms with Gasteiger partial charge in [-0.25, -0.2) is 0 Å². The van der Waals surface area contributed by atoms with E-state index in [1.807, 2.05) is 11.8 Å². The Labute approximate surface area is 172 Å². The number of likely N-dealkylation sites (tertiary alicyclic amines) is 1. The van der Waals surface area contributed by atoms with Crippen LogP contribution in [0.1, 0.15) is 26.7 Å². The minimum Gasteiger partial charge on any atom is -0.368 e. The molecule has 2 aliphatic heterocycles. The fraction of sp³-hybridized carbons (Fsp3) is 0.478. The Hall–Kier alpha value is -1.53. The average Bonchev–Trinajstić information content (AvgIpc) is 2.69. The van der Waals surface area contributed by atoms with Crippen LogP contribution in [0.3, 0.4) is 0 Å². The zero-order valence-electron chi connectivity index (χ0n) is 16.8. The summed E-state index contributed by atoms with van der Waals surface area (Å²) in [5, 5.41) is 9.42. The molecule has 4 nitrogen and oxygen atoms in total. The molecule has 0 aliphatic carbocycles. The van der Waals surface area contributed by atoms with E-state index in [0.29, 0.717) is 5.92 Å². The Morgan fingerprint density at radius 1 is 0.964 bits per heavy atom. The molecule has 2 aliphatic rings. The van der Waals surface area contributed by atoms with Crippen LogP contribution in [-0.2, 0) is 4.74 Å². The van der Waals surface area contributed by atoms with Crippen molar-refractivity contribution in [2.75, 3.05) is 31.1 Å². The molecule has 2 aromatic carbocycles. The molecule has 2 heterocycles. The molecular formula is C23H30N2O2S. The lowest BCUT2D eigenvalue weighted by Crippen LogP contribution is -2.42. The Morgan fingerprint density at radius 3 is 2.11 bits per heavy atom. The van der Waals surface area contributed by atoms with Gasteiger partial charge in [-0.2, -0.15) is 0 Å². The highest BCUT2D eigenvalue weighted by molar-refractivity contribution is 7.99. The van der Waals surface area contributed by atoms with Crippen LogP contribution in [-0.4, -0.2) is 48.6 Å². The maximum absolute atomic E-state index is 9.42. The van der Waals surface area contributed by atoms with Gasteiger partial charge in [0.05, 0.1) is 17.5 Å². The highest BCUT2D eigenvalue weighted by atomic mass is 32.2. The van der Waals surface area contributed by atoms with Crippen LogP contribution >= 0.6 is 11.8 Å². The normalized spacial score (nSPS) is 19.8. The summed E-state index contributed by atoms with van der Waals surface area (Å²) < 4.78 is 5.56. The molecule has 2 unspecified atom stereocenters. The van der Waals surface area contributed by atoms with Crippen LogP contribution in [0.5, 0.6) is 0 Å². The van der Waals surface area contributed by atoms with Crippen molar-refractivity contribution in [3.8, 4) is 0 Å². The second kappa shape index (κ2) is 8.87. The number of benzene rings is 2. The van der Waals surface area contributed by atoms with Gasteiger partial charge in [0, 0.05) is 36.0 Å². The third-order valence-corrected chi connectivity index (χ3v) is 6.65. The smallest absolute Gasteiger partial charge is 0.152 e. The van der Waals surface area contributed by atoms with Crippen molar-refractivity contribution >= 4 is 23.1 Å². The van der Waals surface area contributed by atoms with Crippen molar-refractivity contribution in [1.82, 2.24) is 4.90 Å². The quantitative estimate of drug-likeness (QED) is 0.711. The lowest BCUT2D eigenvalue weighted by Gasteiger charge is -2.37. The average molecular weight is 399 g/mol. The zero-order chi connectivity index (χ0) is 19.5. The first-order valence-electron chi connectivity index (χ1n) is 10.3. The Morgan fingerprint density at radius 2 is 1.54 bits per heavy atom. The van der Waals surface area contributed by atoms with Gasteiger partial charge in [0.2, 0.25) is 0 Å². The number of hydrogen-bond acceptors (Lipinski definition) is 5. The standard InChI is InChI=1S/C23H30N2O2S/c1-17(15-24-13-11-19(12-14-24)27-18(2)26)16-25-20-7-3-5-9-22(20)28-23-10-6-4-8-21(23)25/h3-10,17-19,26H,11-16H2,1-2H3. The van der Waals surface area contributed by atoms with Crippen molar-refractivity contribution in [1.29, 1.82) is 0 Å². The van der Waals surface area contributed by atoms with E-state index in [0.717, 1.165) is 39.0 Å². The van der Waals surface area contributed by atoms with E-state index >= 15 is 0 Å². The third-order valence-electron chi connectivity index (χ3n) is 5.52. The fourth-order valence-electron chi connectivity index (χ4n) is 4.29. The van der Waals surface area contributed by atoms with Gasteiger partial charge in [-0.05, 0) is 49.9 Å². The van der Waals surface area contributed by atoms with Gasteiger partial charge in [-0.15, -0.1) is 0 Å². The second-order valence-electron chi connectivity index (χ2n) is 7.99. The van der Waals surface area contributed by atoms with E-state index in [9.17, 15) is 5.11 Å². The number of rotatable bonds is 6. The van der Waals surface area contributed by atoms with E-state index in [1.165, 1.54) is 21.2 Å². The topological polar surface area (TPSA) is 35.9 Å². The van der Waals surface area contributed by atoms with E-state index < -0.39 is 6.29 Å². The molecule has 2 atom stereocenters. The summed E-state index contributed by atoms with van der Waals surface area (Å²) in [6.07, 6.45) is 1.55. The molecule has 1 saturated heterocycles. The highest BCUT2D eigenvalue weighted by Gasteiger charge is 2.26. The number of nitrogens with zero attached hydrogens (tertiary/aromatic N) is 2. The lowest BCUT2D eigenvalue weighted by molar-refractivity contribution is -0.136. The molecule has 0 saturated carbocycles. The molecule has 0 aromatic heterocycles. The summed E-state index contributed by atoms with van der Waals surface area (Å²) >= 11 is 1.87. The van der Waals surface area contributed by atoms with Crippen LogP contribution in [0.4, 0.5) is 11.4 Å². The number of para-hydroxylation sites is 2. The molecule has 0 amide bonds. The molecule has 0 radical (unpaired) electrons. The molecule has 1 fully saturated rings. The number of aliphatic hydroxyl groups excluding tert-OH is 1. The lowest BCUT2D eigenvalue weighted by atomic mass is 10.0. The molecule has 5 heteroatoms. The molecule has 2 aromatic rings. The number of hydrogen-bond donors (Lipinski definition) is 1. The molecule has 0 spiro atoms. The number of fused-ring (bicyclic) bond motifs is 2. The molecular weight excluding hydrogens is 368 g/mol. The highest BCUT2D eigenvalue weighted by Crippen LogP contribution is 2.48. The first-order valence-corrected chi connectivity index (χ1v) is 11.1. The van der Waals surface area contributed by atoms with Crippen LogP contribution < -0.4 is 4.90 Å². The maximum Gasteiger partial charge on any atom is 0.152 e. The molecule has 0 bridgehead atoms. The zero-order valence-corrected chi connectivity index (χ0v) is 17.6. The minimum atomic E-state index is -0.660. The summed E-state index contributed by atoms with van der Waals surface area (Å²) in [5.74, 6) is 0.554. The fourth-order valence-corrected chi connectivity index (χ4v) is 5.39. The van der Waals surface area contributed by atoms with Gasteiger partial charge < -0.3 is 19.6 Å². The number of anilines is 2. The SMILES string of the molecule is CC(CN1CCC(OC(C)O)CC1)CN1c2ccccc2Sc2ccccc21. The second-order valence-corrected chi connectivity index (χ2v) is 9.07. The molecule has 1 N–H and O–H groups in total. The van der Waals surface area contributed by atoms with Gasteiger partial charge in [0.25, 0.3) is 0 Å². The number of aliphatic hydroxyl groups is 1. The number of ether oxygens (including phenoxy) is 1. The monoisotopic (exact) mass is 398 g/mol. The summed E-state index contributed by atoms with van der Waals surface area (Å²) in [6, 6.07) is 17.5. The summed E-state index contributed by atoms with van der Waals surface area (Å²) in [6.45, 7) is 8.25. The Kier molecular flexibility index (Phi) is 6.26. The summed E-state index contributed by atoms with van der Waals surface area (Å²) in [4.78, 5) is 7.71. The van der Waals surface area contributed by atoms with Crippen molar-refractivity contribution in [2.24, 2.45) is 5.92 Å². The van der Waals surface area contributed by atoms with Crippen molar-refractivity contribution < 1.29 is 9.84 Å². The molecule has 28 heavy (non-hydrogen) atoms. The van der Waals surface area contributed by atoms with Crippen molar-refractivity contribution in [3.05, 3.63) is 48.5 Å². The van der Waals surface area contributed by atoms with Gasteiger partial charge in [-0.3, -0.25) is 0 Å². The van der Waals surface area contributed by atoms with Gasteiger partial charge in [0.15, 0.2) is 6.29 Å². The van der Waals surface area contributed by atoms with Gasteiger partial charge >= 0.3 is 0 Å². The van der Waals surface area contributed by atoms with E-state index in [-0.39, 0.29) is 6.10 Å². The van der Waals surface area contributed by atoms with E-state index in [2.05, 4.69) is 65.3 Å². The Balaban J connectivity index is 1.41. The van der Waals surface area contributed by atoms with E-state index in [4.69, 9.17) is 4.74 Å². The van der Waals surface area contributed by atoms with Gasteiger partial charge in [-0.1, -0.05) is 43.0 Å². The van der Waals surface area contributed by atoms with Crippen LogP contribution in [0.25, 0.3) is 0 Å². The first kappa shape index (κ1) is 19.8.